The number of fused-ring (bicyclic) bond motifs is 2. The van der Waals surface area contributed by atoms with Gasteiger partial charge >= 0.3 is 0 Å². The van der Waals surface area contributed by atoms with Crippen LogP contribution in [0.25, 0.3) is 16.7 Å². The van der Waals surface area contributed by atoms with Crippen LogP contribution in [-0.4, -0.2) is 43.2 Å². The third-order valence-electron chi connectivity index (χ3n) is 5.49. The Labute approximate surface area is 156 Å². The van der Waals surface area contributed by atoms with E-state index in [0.29, 0.717) is 11.6 Å². The predicted octanol–water partition coefficient (Wildman–Crippen LogP) is 3.54. The SMILES string of the molecule is Cc1cccc2nc(C(=O)N3CCC(c4nc5ccccc5[nH]4)CC3)cn12. The standard InChI is InChI=1S/C21H21N5O/c1-14-5-4-8-19-22-18(13-26(14)19)21(27)25-11-9-15(10-12-25)20-23-16-6-2-3-7-17(16)24-20/h2-8,13,15H,9-12H2,1H3,(H,23,24). The first-order valence-electron chi connectivity index (χ1n) is 9.38. The zero-order valence-corrected chi connectivity index (χ0v) is 15.2. The minimum atomic E-state index is 0.0150. The van der Waals surface area contributed by atoms with E-state index >= 15 is 0 Å². The molecule has 1 fully saturated rings. The number of carbonyl (C=O) groups excluding carboxylic acids is 1. The van der Waals surface area contributed by atoms with E-state index in [1.54, 1.807) is 0 Å². The topological polar surface area (TPSA) is 66.3 Å². The summed E-state index contributed by atoms with van der Waals surface area (Å²) in [5.74, 6) is 1.41. The number of nitrogens with one attached hydrogen (secondary N) is 1. The number of likely N-dealkylation sites (tertiary alicyclic amines) is 1. The van der Waals surface area contributed by atoms with Crippen molar-refractivity contribution >= 4 is 22.6 Å². The fourth-order valence-corrected chi connectivity index (χ4v) is 3.94. The second-order valence-electron chi connectivity index (χ2n) is 7.23. The van der Waals surface area contributed by atoms with Gasteiger partial charge in [-0.05, 0) is 44.0 Å². The summed E-state index contributed by atoms with van der Waals surface area (Å²) < 4.78 is 1.97. The summed E-state index contributed by atoms with van der Waals surface area (Å²) in [6.07, 6.45) is 3.67. The van der Waals surface area contributed by atoms with Crippen molar-refractivity contribution in [3.8, 4) is 0 Å². The summed E-state index contributed by atoms with van der Waals surface area (Å²) in [5.41, 5.74) is 4.49. The summed E-state index contributed by atoms with van der Waals surface area (Å²) in [5, 5.41) is 0. The maximum Gasteiger partial charge on any atom is 0.274 e. The molecule has 1 aliphatic heterocycles. The van der Waals surface area contributed by atoms with Gasteiger partial charge in [0.05, 0.1) is 11.0 Å². The van der Waals surface area contributed by atoms with Gasteiger partial charge in [-0.1, -0.05) is 18.2 Å². The molecule has 1 aromatic carbocycles. The molecule has 0 atom stereocenters. The van der Waals surface area contributed by atoms with Crippen molar-refractivity contribution in [1.29, 1.82) is 0 Å². The lowest BCUT2D eigenvalue weighted by atomic mass is 9.96. The third-order valence-corrected chi connectivity index (χ3v) is 5.49. The summed E-state index contributed by atoms with van der Waals surface area (Å²) in [7, 11) is 0. The van der Waals surface area contributed by atoms with Gasteiger partial charge in [-0.3, -0.25) is 4.79 Å². The molecule has 0 saturated carbocycles. The summed E-state index contributed by atoms with van der Waals surface area (Å²) >= 11 is 0. The van der Waals surface area contributed by atoms with E-state index in [-0.39, 0.29) is 5.91 Å². The van der Waals surface area contributed by atoms with Crippen LogP contribution in [0, 0.1) is 6.92 Å². The molecule has 1 saturated heterocycles. The molecule has 4 heterocycles. The molecule has 5 rings (SSSR count). The minimum absolute atomic E-state index is 0.0150. The van der Waals surface area contributed by atoms with Gasteiger partial charge in [0.2, 0.25) is 0 Å². The van der Waals surface area contributed by atoms with Crippen molar-refractivity contribution < 1.29 is 4.79 Å². The van der Waals surface area contributed by atoms with Crippen LogP contribution < -0.4 is 0 Å². The molecule has 0 spiro atoms. The van der Waals surface area contributed by atoms with Gasteiger partial charge in [-0.15, -0.1) is 0 Å². The number of rotatable bonds is 2. The van der Waals surface area contributed by atoms with Crippen molar-refractivity contribution in [2.24, 2.45) is 0 Å². The molecule has 0 unspecified atom stereocenters. The van der Waals surface area contributed by atoms with E-state index in [1.165, 1.54) is 0 Å². The Kier molecular flexibility index (Phi) is 3.70. The van der Waals surface area contributed by atoms with Crippen molar-refractivity contribution in [1.82, 2.24) is 24.3 Å². The number of hydrogen-bond acceptors (Lipinski definition) is 3. The van der Waals surface area contributed by atoms with Gasteiger partial charge in [0, 0.05) is 30.9 Å². The highest BCUT2D eigenvalue weighted by atomic mass is 16.2. The molecule has 0 bridgehead atoms. The van der Waals surface area contributed by atoms with Crippen LogP contribution in [0.5, 0.6) is 0 Å². The van der Waals surface area contributed by atoms with E-state index in [9.17, 15) is 4.79 Å². The molecule has 136 valence electrons. The molecule has 0 aliphatic carbocycles. The van der Waals surface area contributed by atoms with Crippen LogP contribution in [0.1, 0.15) is 40.8 Å². The molecule has 27 heavy (non-hydrogen) atoms. The molecule has 1 amide bonds. The highest BCUT2D eigenvalue weighted by Gasteiger charge is 2.27. The first-order valence-corrected chi connectivity index (χ1v) is 9.38. The maximum atomic E-state index is 12.9. The van der Waals surface area contributed by atoms with E-state index in [0.717, 1.165) is 54.1 Å². The molecule has 6 heteroatoms. The number of piperidine rings is 1. The van der Waals surface area contributed by atoms with E-state index in [4.69, 9.17) is 4.98 Å². The monoisotopic (exact) mass is 359 g/mol. The fourth-order valence-electron chi connectivity index (χ4n) is 3.94. The number of benzene rings is 1. The maximum absolute atomic E-state index is 12.9. The molecule has 3 aromatic heterocycles. The smallest absolute Gasteiger partial charge is 0.274 e. The molecular weight excluding hydrogens is 338 g/mol. The summed E-state index contributed by atoms with van der Waals surface area (Å²) in [4.78, 5) is 27.5. The van der Waals surface area contributed by atoms with Crippen molar-refractivity contribution in [3.63, 3.8) is 0 Å². The molecular formula is C21H21N5O. The Hall–Kier alpha value is -3.15. The second kappa shape index (κ2) is 6.23. The first kappa shape index (κ1) is 16.1. The Morgan fingerprint density at radius 3 is 2.67 bits per heavy atom. The van der Waals surface area contributed by atoms with Gasteiger partial charge in [0.1, 0.15) is 17.2 Å². The number of aromatic amines is 1. The minimum Gasteiger partial charge on any atom is -0.342 e. The number of carbonyl (C=O) groups is 1. The van der Waals surface area contributed by atoms with Gasteiger partial charge in [0.15, 0.2) is 0 Å². The lowest BCUT2D eigenvalue weighted by Crippen LogP contribution is -2.38. The number of H-pyrrole nitrogens is 1. The number of pyridine rings is 1. The predicted molar refractivity (Wildman–Crippen MR) is 104 cm³/mol. The van der Waals surface area contributed by atoms with E-state index in [2.05, 4.69) is 16.0 Å². The lowest BCUT2D eigenvalue weighted by Gasteiger charge is -2.30. The number of aryl methyl sites for hydroxylation is 1. The Morgan fingerprint density at radius 2 is 1.89 bits per heavy atom. The van der Waals surface area contributed by atoms with E-state index < -0.39 is 0 Å². The van der Waals surface area contributed by atoms with Gasteiger partial charge in [0.25, 0.3) is 5.91 Å². The third kappa shape index (κ3) is 2.77. The first-order chi connectivity index (χ1) is 13.2. The van der Waals surface area contributed by atoms with Crippen LogP contribution >= 0.6 is 0 Å². The van der Waals surface area contributed by atoms with Crippen molar-refractivity contribution in [2.75, 3.05) is 13.1 Å². The fraction of sp³-hybridized carbons (Fsp3) is 0.286. The highest BCUT2D eigenvalue weighted by Crippen LogP contribution is 2.28. The Morgan fingerprint density at radius 1 is 1.07 bits per heavy atom. The largest absolute Gasteiger partial charge is 0.342 e. The van der Waals surface area contributed by atoms with Crippen molar-refractivity contribution in [3.05, 3.63) is 65.9 Å². The van der Waals surface area contributed by atoms with Crippen LogP contribution in [0.2, 0.25) is 0 Å². The molecule has 1 aliphatic rings. The Bertz CT molecular complexity index is 1100. The van der Waals surface area contributed by atoms with Gasteiger partial charge < -0.3 is 14.3 Å². The zero-order chi connectivity index (χ0) is 18.4. The lowest BCUT2D eigenvalue weighted by molar-refractivity contribution is 0.0706. The quantitative estimate of drug-likeness (QED) is 0.595. The second-order valence-corrected chi connectivity index (χ2v) is 7.23. The summed E-state index contributed by atoms with van der Waals surface area (Å²) in [6.45, 7) is 3.47. The van der Waals surface area contributed by atoms with Gasteiger partial charge in [-0.2, -0.15) is 0 Å². The molecule has 4 aromatic rings. The zero-order valence-electron chi connectivity index (χ0n) is 15.2. The molecule has 0 radical (unpaired) electrons. The van der Waals surface area contributed by atoms with Gasteiger partial charge in [-0.25, -0.2) is 9.97 Å². The van der Waals surface area contributed by atoms with E-state index in [1.807, 2.05) is 58.8 Å². The highest BCUT2D eigenvalue weighted by molar-refractivity contribution is 5.93. The number of aromatic nitrogens is 4. The Balaban J connectivity index is 1.31. The average Bonchev–Trinajstić information content (AvgIpc) is 3.32. The normalized spacial score (nSPS) is 15.7. The number of amides is 1. The number of imidazole rings is 2. The van der Waals surface area contributed by atoms with Crippen molar-refractivity contribution in [2.45, 2.75) is 25.7 Å². The molecule has 1 N–H and O–H groups in total. The van der Waals surface area contributed by atoms with Crippen LogP contribution in [-0.2, 0) is 0 Å². The van der Waals surface area contributed by atoms with Crippen LogP contribution in [0.3, 0.4) is 0 Å². The number of para-hydroxylation sites is 2. The summed E-state index contributed by atoms with van der Waals surface area (Å²) in [6, 6.07) is 14.0. The number of nitrogens with zero attached hydrogens (tertiary/aromatic N) is 4. The average molecular weight is 359 g/mol. The van der Waals surface area contributed by atoms with Crippen LogP contribution in [0.15, 0.2) is 48.7 Å². The van der Waals surface area contributed by atoms with Crippen LogP contribution in [0.4, 0.5) is 0 Å². The molecule has 6 nitrogen and oxygen atoms in total. The number of hydrogen-bond donors (Lipinski definition) is 1.